The zero-order valence-corrected chi connectivity index (χ0v) is 14.2. The molecule has 0 atom stereocenters. The summed E-state index contributed by atoms with van der Waals surface area (Å²) in [4.78, 5) is 11.9. The van der Waals surface area contributed by atoms with Gasteiger partial charge in [-0.15, -0.1) is 0 Å². The highest BCUT2D eigenvalue weighted by atomic mass is 19.1. The van der Waals surface area contributed by atoms with E-state index in [0.29, 0.717) is 27.6 Å². The number of aromatic nitrogens is 1. The van der Waals surface area contributed by atoms with Crippen LogP contribution in [0.1, 0.15) is 21.5 Å². The summed E-state index contributed by atoms with van der Waals surface area (Å²) in [6, 6.07) is 14.0. The summed E-state index contributed by atoms with van der Waals surface area (Å²) >= 11 is 0. The molecule has 3 N–H and O–H groups in total. The van der Waals surface area contributed by atoms with Crippen LogP contribution in [0, 0.1) is 11.6 Å². The lowest BCUT2D eigenvalue weighted by atomic mass is 10.0. The van der Waals surface area contributed by atoms with Crippen LogP contribution in [0.15, 0.2) is 54.6 Å². The maximum atomic E-state index is 14.2. The van der Waals surface area contributed by atoms with Gasteiger partial charge in [-0.1, -0.05) is 24.3 Å². The lowest BCUT2D eigenvalue weighted by Crippen LogP contribution is -2.11. The van der Waals surface area contributed by atoms with Gasteiger partial charge in [0.25, 0.3) is 0 Å². The summed E-state index contributed by atoms with van der Waals surface area (Å²) < 4.78 is 29.3. The number of benzene rings is 3. The van der Waals surface area contributed by atoms with Gasteiger partial charge in [0.05, 0.1) is 18.7 Å². The Labute approximate surface area is 153 Å². The van der Waals surface area contributed by atoms with Gasteiger partial charge in [0, 0.05) is 33.5 Å². The SMILES string of the molecule is NC(=O)c1cccc2c1c1ccc(CO)cc1n2Cc1ccc(F)cc1F. The van der Waals surface area contributed by atoms with Crippen LogP contribution >= 0.6 is 0 Å². The number of primary amides is 1. The van der Waals surface area contributed by atoms with Crippen LogP contribution in [0.4, 0.5) is 8.78 Å². The van der Waals surface area contributed by atoms with Gasteiger partial charge in [-0.3, -0.25) is 4.79 Å². The molecule has 4 aromatic rings. The fraction of sp³-hybridized carbons (Fsp3) is 0.0952. The molecule has 27 heavy (non-hydrogen) atoms. The highest BCUT2D eigenvalue weighted by Crippen LogP contribution is 2.33. The average Bonchev–Trinajstić information content (AvgIpc) is 2.97. The number of halogens is 2. The van der Waals surface area contributed by atoms with Crippen LogP contribution in [0.25, 0.3) is 21.8 Å². The van der Waals surface area contributed by atoms with E-state index in [9.17, 15) is 18.7 Å². The number of nitrogens with zero attached hydrogens (tertiary/aromatic N) is 1. The van der Waals surface area contributed by atoms with Gasteiger partial charge in [0.15, 0.2) is 0 Å². The molecular weight excluding hydrogens is 350 g/mol. The number of hydrogen-bond acceptors (Lipinski definition) is 2. The predicted molar refractivity (Wildman–Crippen MR) is 99.3 cm³/mol. The summed E-state index contributed by atoms with van der Waals surface area (Å²) in [6.45, 7) is -0.00569. The van der Waals surface area contributed by atoms with Crippen LogP contribution in [0.5, 0.6) is 0 Å². The van der Waals surface area contributed by atoms with E-state index in [2.05, 4.69) is 0 Å². The molecule has 0 aliphatic heterocycles. The molecule has 0 spiro atoms. The number of aliphatic hydroxyl groups is 1. The Bertz CT molecular complexity index is 1200. The van der Waals surface area contributed by atoms with Crippen LogP contribution in [-0.2, 0) is 13.2 Å². The van der Waals surface area contributed by atoms with E-state index in [1.54, 1.807) is 24.3 Å². The minimum atomic E-state index is -0.644. The van der Waals surface area contributed by atoms with Crippen molar-refractivity contribution in [3.63, 3.8) is 0 Å². The molecule has 0 saturated heterocycles. The van der Waals surface area contributed by atoms with E-state index in [1.165, 1.54) is 12.1 Å². The Morgan fingerprint density at radius 2 is 1.85 bits per heavy atom. The normalized spacial score (nSPS) is 11.4. The summed E-state index contributed by atoms with van der Waals surface area (Å²) in [5.74, 6) is -1.84. The monoisotopic (exact) mass is 366 g/mol. The standard InChI is InChI=1S/C21H16F2N2O2/c22-14-6-5-13(17(23)9-14)10-25-18-3-1-2-16(21(24)27)20(18)15-7-4-12(11-26)8-19(15)25/h1-9,26H,10-11H2,(H2,24,27). The number of aliphatic hydroxyl groups excluding tert-OH is 1. The lowest BCUT2D eigenvalue weighted by molar-refractivity contribution is 0.100. The van der Waals surface area contributed by atoms with E-state index in [1.807, 2.05) is 16.7 Å². The molecule has 0 aliphatic carbocycles. The third-order valence-electron chi connectivity index (χ3n) is 4.75. The van der Waals surface area contributed by atoms with Crippen molar-refractivity contribution in [3.05, 3.63) is 82.9 Å². The number of carbonyl (C=O) groups is 1. The smallest absolute Gasteiger partial charge is 0.249 e. The van der Waals surface area contributed by atoms with Crippen LogP contribution in [0.3, 0.4) is 0 Å². The molecule has 136 valence electrons. The fourth-order valence-electron chi connectivity index (χ4n) is 3.48. The Balaban J connectivity index is 2.04. The summed E-state index contributed by atoms with van der Waals surface area (Å²) in [6.07, 6.45) is 0. The first-order valence-corrected chi connectivity index (χ1v) is 8.38. The molecule has 1 amide bonds. The molecule has 0 fully saturated rings. The highest BCUT2D eigenvalue weighted by Gasteiger charge is 2.17. The molecule has 0 saturated carbocycles. The van der Waals surface area contributed by atoms with Crippen LogP contribution in [0.2, 0.25) is 0 Å². The Hall–Kier alpha value is -3.25. The van der Waals surface area contributed by atoms with Crippen molar-refractivity contribution in [2.45, 2.75) is 13.2 Å². The van der Waals surface area contributed by atoms with Crippen molar-refractivity contribution in [2.75, 3.05) is 0 Å². The largest absolute Gasteiger partial charge is 0.392 e. The Morgan fingerprint density at radius 3 is 2.56 bits per heavy atom. The van der Waals surface area contributed by atoms with Crippen molar-refractivity contribution < 1.29 is 18.7 Å². The average molecular weight is 366 g/mol. The molecule has 0 unspecified atom stereocenters. The van der Waals surface area contributed by atoms with E-state index < -0.39 is 17.5 Å². The minimum absolute atomic E-state index is 0.142. The molecule has 1 aromatic heterocycles. The van der Waals surface area contributed by atoms with Crippen molar-refractivity contribution in [2.24, 2.45) is 5.73 Å². The number of carbonyl (C=O) groups excluding carboxylic acids is 1. The van der Waals surface area contributed by atoms with Crippen LogP contribution < -0.4 is 5.73 Å². The number of nitrogens with two attached hydrogens (primary N) is 1. The van der Waals surface area contributed by atoms with Gasteiger partial charge < -0.3 is 15.4 Å². The molecule has 6 heteroatoms. The second kappa shape index (κ2) is 6.48. The second-order valence-electron chi connectivity index (χ2n) is 6.40. The third kappa shape index (κ3) is 2.84. The molecule has 1 heterocycles. The number of rotatable bonds is 4. The molecule has 0 radical (unpaired) electrons. The van der Waals surface area contributed by atoms with E-state index in [0.717, 1.165) is 17.0 Å². The fourth-order valence-corrected chi connectivity index (χ4v) is 3.48. The predicted octanol–water partition coefficient (Wildman–Crippen LogP) is 3.71. The summed E-state index contributed by atoms with van der Waals surface area (Å²) in [5, 5.41) is 10.9. The molecule has 3 aromatic carbocycles. The van der Waals surface area contributed by atoms with E-state index >= 15 is 0 Å². The van der Waals surface area contributed by atoms with Gasteiger partial charge in [0.1, 0.15) is 11.6 Å². The Morgan fingerprint density at radius 1 is 1.04 bits per heavy atom. The van der Waals surface area contributed by atoms with Crippen molar-refractivity contribution in [1.82, 2.24) is 4.57 Å². The van der Waals surface area contributed by atoms with Gasteiger partial charge in [0.2, 0.25) is 5.91 Å². The van der Waals surface area contributed by atoms with Crippen molar-refractivity contribution >= 4 is 27.7 Å². The zero-order valence-electron chi connectivity index (χ0n) is 14.2. The first kappa shape index (κ1) is 17.2. The van der Waals surface area contributed by atoms with Gasteiger partial charge in [-0.05, 0) is 29.8 Å². The molecule has 0 aliphatic rings. The number of hydrogen-bond donors (Lipinski definition) is 2. The maximum absolute atomic E-state index is 14.2. The molecule has 4 rings (SSSR count). The highest BCUT2D eigenvalue weighted by molar-refractivity contribution is 6.17. The van der Waals surface area contributed by atoms with Crippen molar-refractivity contribution in [3.8, 4) is 0 Å². The first-order valence-electron chi connectivity index (χ1n) is 8.38. The van der Waals surface area contributed by atoms with Crippen molar-refractivity contribution in [1.29, 1.82) is 0 Å². The van der Waals surface area contributed by atoms with E-state index in [4.69, 9.17) is 5.73 Å². The zero-order chi connectivity index (χ0) is 19.1. The second-order valence-corrected chi connectivity index (χ2v) is 6.40. The minimum Gasteiger partial charge on any atom is -0.392 e. The maximum Gasteiger partial charge on any atom is 0.249 e. The molecular formula is C21H16F2N2O2. The summed E-state index contributed by atoms with van der Waals surface area (Å²) in [5.41, 5.74) is 8.35. The third-order valence-corrected chi connectivity index (χ3v) is 4.75. The molecule has 4 nitrogen and oxygen atoms in total. The molecule has 0 bridgehead atoms. The van der Waals surface area contributed by atoms with Gasteiger partial charge in [-0.2, -0.15) is 0 Å². The van der Waals surface area contributed by atoms with Gasteiger partial charge in [-0.25, -0.2) is 8.78 Å². The van der Waals surface area contributed by atoms with E-state index in [-0.39, 0.29) is 13.2 Å². The topological polar surface area (TPSA) is 68.2 Å². The van der Waals surface area contributed by atoms with Crippen LogP contribution in [-0.4, -0.2) is 15.6 Å². The first-order chi connectivity index (χ1) is 13.0. The van der Waals surface area contributed by atoms with Gasteiger partial charge >= 0.3 is 0 Å². The quantitative estimate of drug-likeness (QED) is 0.578. The summed E-state index contributed by atoms with van der Waals surface area (Å²) in [7, 11) is 0. The number of fused-ring (bicyclic) bond motifs is 3. The Kier molecular flexibility index (Phi) is 4.12. The lowest BCUT2D eigenvalue weighted by Gasteiger charge is -2.10. The number of amides is 1.